The zero-order chi connectivity index (χ0) is 15.4. The Kier molecular flexibility index (Phi) is 4.77. The Hall–Kier alpha value is -2.12. The summed E-state index contributed by atoms with van der Waals surface area (Å²) in [5.74, 6) is -0.849. The highest BCUT2D eigenvalue weighted by Gasteiger charge is 2.32. The molecule has 0 spiro atoms. The predicted octanol–water partition coefficient (Wildman–Crippen LogP) is 0.273. The summed E-state index contributed by atoms with van der Waals surface area (Å²) in [6.07, 6.45) is -1.31. The molecule has 1 aromatic rings. The molecule has 2 atom stereocenters. The van der Waals surface area contributed by atoms with E-state index in [9.17, 15) is 19.8 Å². The summed E-state index contributed by atoms with van der Waals surface area (Å²) in [5.41, 5.74) is 1.46. The predicted molar refractivity (Wildman–Crippen MR) is 75.0 cm³/mol. The number of aryl methyl sites for hydroxylation is 1. The minimum absolute atomic E-state index is 0.0647. The highest BCUT2D eigenvalue weighted by atomic mass is 16.4. The van der Waals surface area contributed by atoms with Gasteiger partial charge in [0, 0.05) is 12.1 Å². The molecule has 1 aliphatic heterocycles. The molecule has 0 saturated carbocycles. The van der Waals surface area contributed by atoms with Crippen LogP contribution in [0.3, 0.4) is 0 Å². The third-order valence-electron chi connectivity index (χ3n) is 3.38. The number of β-amino-alcohol motifs (C(OH)–C–C–N with tert-alkyl or cyclic N) is 2. The first-order chi connectivity index (χ1) is 9.95. The third-order valence-corrected chi connectivity index (χ3v) is 3.38. The molecule has 2 amide bonds. The number of aliphatic hydroxyl groups is 2. The Balaban J connectivity index is 1.88. The summed E-state index contributed by atoms with van der Waals surface area (Å²) in [5, 5.41) is 30.1. The van der Waals surface area contributed by atoms with Crippen LogP contribution in [0.1, 0.15) is 12.0 Å². The molecule has 1 aromatic carbocycles. The lowest BCUT2D eigenvalue weighted by molar-refractivity contribution is -0.136. The minimum atomic E-state index is -0.908. The summed E-state index contributed by atoms with van der Waals surface area (Å²) in [7, 11) is 0. The van der Waals surface area contributed by atoms with E-state index in [2.05, 4.69) is 5.32 Å². The van der Waals surface area contributed by atoms with Gasteiger partial charge in [-0.05, 0) is 24.1 Å². The zero-order valence-corrected chi connectivity index (χ0v) is 11.4. The average molecular weight is 294 g/mol. The second kappa shape index (κ2) is 6.55. The van der Waals surface area contributed by atoms with Crippen LogP contribution in [0.15, 0.2) is 24.3 Å². The Morgan fingerprint density at radius 1 is 1.14 bits per heavy atom. The van der Waals surface area contributed by atoms with Gasteiger partial charge in [-0.1, -0.05) is 12.1 Å². The van der Waals surface area contributed by atoms with E-state index in [-0.39, 0.29) is 25.5 Å². The Labute approximate surface area is 121 Å². The number of anilines is 1. The largest absolute Gasteiger partial charge is 0.481 e. The Morgan fingerprint density at radius 2 is 1.71 bits per heavy atom. The van der Waals surface area contributed by atoms with Crippen LogP contribution in [0.5, 0.6) is 0 Å². The molecule has 0 aromatic heterocycles. The van der Waals surface area contributed by atoms with Crippen molar-refractivity contribution in [3.05, 3.63) is 29.8 Å². The molecule has 1 heterocycles. The summed E-state index contributed by atoms with van der Waals surface area (Å²) < 4.78 is 0. The van der Waals surface area contributed by atoms with Gasteiger partial charge in [-0.25, -0.2) is 4.79 Å². The van der Waals surface area contributed by atoms with Gasteiger partial charge in [0.1, 0.15) is 0 Å². The van der Waals surface area contributed by atoms with Crippen molar-refractivity contribution < 1.29 is 24.9 Å². The fourth-order valence-corrected chi connectivity index (χ4v) is 2.14. The van der Waals surface area contributed by atoms with Crippen LogP contribution in [-0.2, 0) is 11.2 Å². The number of carboxylic acids is 1. The van der Waals surface area contributed by atoms with E-state index in [1.807, 2.05) is 0 Å². The van der Waals surface area contributed by atoms with Crippen molar-refractivity contribution in [3.63, 3.8) is 0 Å². The summed E-state index contributed by atoms with van der Waals surface area (Å²) in [4.78, 5) is 23.7. The number of urea groups is 1. The number of nitrogens with zero attached hydrogens (tertiary/aromatic N) is 1. The fraction of sp³-hybridized carbons (Fsp3) is 0.429. The smallest absolute Gasteiger partial charge is 0.322 e. The molecule has 21 heavy (non-hydrogen) atoms. The second-order valence-corrected chi connectivity index (χ2v) is 5.06. The lowest BCUT2D eigenvalue weighted by Crippen LogP contribution is -2.33. The number of carbonyl (C=O) groups is 2. The van der Waals surface area contributed by atoms with Crippen LogP contribution in [0.25, 0.3) is 0 Å². The molecule has 2 rings (SSSR count). The maximum atomic E-state index is 11.9. The number of aliphatic hydroxyl groups excluding tert-OH is 2. The van der Waals surface area contributed by atoms with Crippen molar-refractivity contribution in [1.29, 1.82) is 0 Å². The van der Waals surface area contributed by atoms with Crippen LogP contribution < -0.4 is 5.32 Å². The van der Waals surface area contributed by atoms with Crippen LogP contribution in [0.4, 0.5) is 10.5 Å². The van der Waals surface area contributed by atoms with Gasteiger partial charge in [-0.15, -0.1) is 0 Å². The van der Waals surface area contributed by atoms with Crippen molar-refractivity contribution in [3.8, 4) is 0 Å². The molecule has 1 saturated heterocycles. The first kappa shape index (κ1) is 15.3. The summed E-state index contributed by atoms with van der Waals surface area (Å²) in [6, 6.07) is 6.51. The lowest BCUT2D eigenvalue weighted by Gasteiger charge is -2.16. The van der Waals surface area contributed by atoms with Gasteiger partial charge in [-0.2, -0.15) is 0 Å². The molecule has 7 heteroatoms. The van der Waals surface area contributed by atoms with E-state index in [1.54, 1.807) is 24.3 Å². The highest BCUT2D eigenvalue weighted by Crippen LogP contribution is 2.15. The van der Waals surface area contributed by atoms with Crippen molar-refractivity contribution in [2.45, 2.75) is 25.0 Å². The molecule has 2 unspecified atom stereocenters. The van der Waals surface area contributed by atoms with E-state index in [0.29, 0.717) is 12.1 Å². The number of likely N-dealkylation sites (tertiary alicyclic amines) is 1. The number of aliphatic carboxylic acids is 1. The van der Waals surface area contributed by atoms with E-state index in [0.717, 1.165) is 5.56 Å². The minimum Gasteiger partial charge on any atom is -0.481 e. The molecule has 0 aliphatic carbocycles. The molecule has 0 bridgehead atoms. The highest BCUT2D eigenvalue weighted by molar-refractivity contribution is 5.89. The zero-order valence-electron chi connectivity index (χ0n) is 11.4. The van der Waals surface area contributed by atoms with Crippen LogP contribution >= 0.6 is 0 Å². The lowest BCUT2D eigenvalue weighted by atomic mass is 10.1. The number of benzene rings is 1. The number of carboxylic acid groups (broad SMARTS) is 1. The normalized spacial score (nSPS) is 21.3. The number of rotatable bonds is 4. The van der Waals surface area contributed by atoms with Crippen molar-refractivity contribution in [2.24, 2.45) is 0 Å². The second-order valence-electron chi connectivity index (χ2n) is 5.06. The van der Waals surface area contributed by atoms with Gasteiger partial charge in [0.2, 0.25) is 0 Å². The summed E-state index contributed by atoms with van der Waals surface area (Å²) >= 11 is 0. The van der Waals surface area contributed by atoms with Crippen molar-refractivity contribution >= 4 is 17.7 Å². The number of hydrogen-bond acceptors (Lipinski definition) is 4. The molecule has 7 nitrogen and oxygen atoms in total. The molecule has 1 aliphatic rings. The van der Waals surface area contributed by atoms with E-state index in [4.69, 9.17) is 5.11 Å². The number of nitrogens with one attached hydrogen (secondary N) is 1. The topological polar surface area (TPSA) is 110 Å². The maximum Gasteiger partial charge on any atom is 0.322 e. The monoisotopic (exact) mass is 294 g/mol. The van der Waals surface area contributed by atoms with E-state index < -0.39 is 18.2 Å². The molecular weight excluding hydrogens is 276 g/mol. The quantitative estimate of drug-likeness (QED) is 0.637. The molecular formula is C14H18N2O5. The van der Waals surface area contributed by atoms with Crippen LogP contribution in [0, 0.1) is 0 Å². The maximum absolute atomic E-state index is 11.9. The first-order valence-electron chi connectivity index (χ1n) is 6.68. The van der Waals surface area contributed by atoms with Gasteiger partial charge in [0.15, 0.2) is 0 Å². The molecule has 0 radical (unpaired) electrons. The molecule has 114 valence electrons. The Morgan fingerprint density at radius 3 is 2.24 bits per heavy atom. The van der Waals surface area contributed by atoms with Crippen LogP contribution in [0.2, 0.25) is 0 Å². The van der Waals surface area contributed by atoms with Gasteiger partial charge < -0.3 is 25.5 Å². The number of amides is 2. The fourth-order valence-electron chi connectivity index (χ4n) is 2.14. The van der Waals surface area contributed by atoms with E-state index >= 15 is 0 Å². The molecule has 4 N–H and O–H groups in total. The van der Waals surface area contributed by atoms with E-state index in [1.165, 1.54) is 4.90 Å². The first-order valence-corrected chi connectivity index (χ1v) is 6.68. The molecule has 1 fully saturated rings. The number of carbonyl (C=O) groups excluding carboxylic acids is 1. The Bertz CT molecular complexity index is 507. The standard InChI is InChI=1S/C14H18N2O5/c17-11-7-16(8-12(11)18)14(21)15-10-4-1-9(2-5-10)3-6-13(19)20/h1-2,4-5,11-12,17-18H,3,6-8H2,(H,15,21)(H,19,20). The van der Waals surface area contributed by atoms with Crippen molar-refractivity contribution in [1.82, 2.24) is 4.90 Å². The van der Waals surface area contributed by atoms with Crippen LogP contribution in [-0.4, -0.2) is 57.5 Å². The number of hydrogen-bond donors (Lipinski definition) is 4. The van der Waals surface area contributed by atoms with Gasteiger partial charge >= 0.3 is 12.0 Å². The van der Waals surface area contributed by atoms with Gasteiger partial charge in [0.05, 0.1) is 25.3 Å². The summed E-state index contributed by atoms with van der Waals surface area (Å²) in [6.45, 7) is 0.202. The third kappa shape index (κ3) is 4.17. The SMILES string of the molecule is O=C(O)CCc1ccc(NC(=O)N2CC(O)C(O)C2)cc1. The van der Waals surface area contributed by atoms with Gasteiger partial charge in [0.25, 0.3) is 0 Å². The van der Waals surface area contributed by atoms with Gasteiger partial charge in [-0.3, -0.25) is 4.79 Å². The van der Waals surface area contributed by atoms with Crippen molar-refractivity contribution in [2.75, 3.05) is 18.4 Å². The average Bonchev–Trinajstić information content (AvgIpc) is 2.78.